The van der Waals surface area contributed by atoms with Gasteiger partial charge >= 0.3 is 6.03 Å². The summed E-state index contributed by atoms with van der Waals surface area (Å²) in [4.78, 5) is 27.7. The second-order valence-corrected chi connectivity index (χ2v) is 8.09. The van der Waals surface area contributed by atoms with Crippen LogP contribution in [0, 0.1) is 0 Å². The first-order valence-electron chi connectivity index (χ1n) is 10.7. The second kappa shape index (κ2) is 8.68. The van der Waals surface area contributed by atoms with Crippen LogP contribution < -0.4 is 10.6 Å². The summed E-state index contributed by atoms with van der Waals surface area (Å²) in [5.74, 6) is -0.0246. The highest BCUT2D eigenvalue weighted by Crippen LogP contribution is 2.35. The molecule has 2 heterocycles. The molecule has 2 aromatic rings. The number of aryl methyl sites for hydroxylation is 1. The summed E-state index contributed by atoms with van der Waals surface area (Å²) in [6.45, 7) is 2.10. The van der Waals surface area contributed by atoms with Gasteiger partial charge in [0.25, 0.3) is 5.91 Å². The maximum absolute atomic E-state index is 13.1. The van der Waals surface area contributed by atoms with Gasteiger partial charge in [-0.25, -0.2) is 4.79 Å². The molecular formula is C24H29N3O2. The summed E-state index contributed by atoms with van der Waals surface area (Å²) in [5, 5.41) is 6.33. The number of benzene rings is 2. The molecule has 152 valence electrons. The lowest BCUT2D eigenvalue weighted by Gasteiger charge is -2.48. The van der Waals surface area contributed by atoms with E-state index in [1.165, 1.54) is 0 Å². The minimum absolute atomic E-state index is 0.00608. The van der Waals surface area contributed by atoms with Crippen molar-refractivity contribution in [3.05, 3.63) is 65.7 Å². The van der Waals surface area contributed by atoms with Crippen molar-refractivity contribution in [3.63, 3.8) is 0 Å². The number of hydrogen-bond donors (Lipinski definition) is 2. The molecule has 2 fully saturated rings. The lowest BCUT2D eigenvalue weighted by Crippen LogP contribution is -2.59. The lowest BCUT2D eigenvalue weighted by atomic mass is 9.82. The Bertz CT molecular complexity index is 853. The number of carbonyl (C=O) groups is 2. The monoisotopic (exact) mass is 391 g/mol. The molecule has 5 nitrogen and oxygen atoms in total. The summed E-state index contributed by atoms with van der Waals surface area (Å²) >= 11 is 0. The van der Waals surface area contributed by atoms with Gasteiger partial charge in [0.2, 0.25) is 0 Å². The van der Waals surface area contributed by atoms with Crippen LogP contribution in [0.1, 0.15) is 54.9 Å². The number of hydrogen-bond acceptors (Lipinski definition) is 2. The zero-order chi connectivity index (χ0) is 20.2. The highest BCUT2D eigenvalue weighted by molar-refractivity contribution is 5.94. The summed E-state index contributed by atoms with van der Waals surface area (Å²) < 4.78 is 0. The molecule has 2 saturated heterocycles. The van der Waals surface area contributed by atoms with Gasteiger partial charge in [-0.1, -0.05) is 43.3 Å². The van der Waals surface area contributed by atoms with Crippen LogP contribution in [-0.4, -0.2) is 35.0 Å². The summed E-state index contributed by atoms with van der Waals surface area (Å²) in [5.41, 5.74) is 2.74. The van der Waals surface area contributed by atoms with Crippen molar-refractivity contribution in [2.45, 2.75) is 63.6 Å². The van der Waals surface area contributed by atoms with E-state index < -0.39 is 0 Å². The molecule has 2 atom stereocenters. The fourth-order valence-electron chi connectivity index (χ4n) is 4.82. The van der Waals surface area contributed by atoms with Crippen LogP contribution in [0.3, 0.4) is 0 Å². The van der Waals surface area contributed by atoms with E-state index in [0.717, 1.165) is 49.8 Å². The molecule has 0 saturated carbocycles. The van der Waals surface area contributed by atoms with E-state index in [2.05, 4.69) is 23.6 Å². The Morgan fingerprint density at radius 1 is 0.966 bits per heavy atom. The number of nitrogens with zero attached hydrogens (tertiary/aromatic N) is 1. The van der Waals surface area contributed by atoms with E-state index in [9.17, 15) is 9.59 Å². The van der Waals surface area contributed by atoms with Crippen LogP contribution >= 0.6 is 0 Å². The van der Waals surface area contributed by atoms with Gasteiger partial charge in [0.05, 0.1) is 0 Å². The minimum Gasteiger partial charge on any atom is -0.349 e. The third-order valence-electron chi connectivity index (χ3n) is 6.22. The number of nitrogens with one attached hydrogen (secondary N) is 2. The summed E-state index contributed by atoms with van der Waals surface area (Å²) in [6.07, 6.45) is 5.66. The zero-order valence-electron chi connectivity index (χ0n) is 16.9. The van der Waals surface area contributed by atoms with Crippen LogP contribution in [-0.2, 0) is 6.42 Å². The van der Waals surface area contributed by atoms with Crippen LogP contribution in [0.15, 0.2) is 54.6 Å². The fraction of sp³-hybridized carbons (Fsp3) is 0.417. The molecule has 0 radical (unpaired) electrons. The van der Waals surface area contributed by atoms with Gasteiger partial charge in [-0.3, -0.25) is 4.79 Å². The molecular weight excluding hydrogens is 362 g/mol. The number of para-hydroxylation sites is 1. The standard InChI is InChI=1S/C24H29N3O2/c1-2-17-9-6-7-14-22(17)26-24(29)27-20-12-8-13-21(27)16-19(15-20)25-23(28)18-10-4-3-5-11-18/h3-7,9-11,14,19-21H,2,8,12-13,15-16H2,1H3,(H,25,28)(H,26,29)/t20-,21-/m0/s1. The van der Waals surface area contributed by atoms with E-state index in [0.29, 0.717) is 5.56 Å². The van der Waals surface area contributed by atoms with Crippen LogP contribution in [0.4, 0.5) is 10.5 Å². The van der Waals surface area contributed by atoms with Crippen molar-refractivity contribution in [2.24, 2.45) is 0 Å². The highest BCUT2D eigenvalue weighted by Gasteiger charge is 2.41. The number of amides is 3. The van der Waals surface area contributed by atoms with E-state index >= 15 is 0 Å². The van der Waals surface area contributed by atoms with Crippen molar-refractivity contribution in [1.29, 1.82) is 0 Å². The van der Waals surface area contributed by atoms with Crippen molar-refractivity contribution in [1.82, 2.24) is 10.2 Å². The van der Waals surface area contributed by atoms with Crippen molar-refractivity contribution in [3.8, 4) is 0 Å². The topological polar surface area (TPSA) is 61.4 Å². The van der Waals surface area contributed by atoms with E-state index in [-0.39, 0.29) is 30.1 Å². The predicted octanol–water partition coefficient (Wildman–Crippen LogP) is 4.60. The summed E-state index contributed by atoms with van der Waals surface area (Å²) in [7, 11) is 0. The third-order valence-corrected chi connectivity index (χ3v) is 6.22. The fourth-order valence-corrected chi connectivity index (χ4v) is 4.82. The number of anilines is 1. The smallest absolute Gasteiger partial charge is 0.322 e. The number of piperidine rings is 2. The Balaban J connectivity index is 1.43. The van der Waals surface area contributed by atoms with Gasteiger partial charge in [0, 0.05) is 29.4 Å². The molecule has 2 bridgehead atoms. The molecule has 2 aliphatic rings. The van der Waals surface area contributed by atoms with E-state index in [1.807, 2.05) is 53.4 Å². The van der Waals surface area contributed by atoms with Crippen molar-refractivity contribution in [2.75, 3.05) is 5.32 Å². The average Bonchev–Trinajstić information content (AvgIpc) is 2.74. The number of urea groups is 1. The normalized spacial score (nSPS) is 23.3. The molecule has 5 heteroatoms. The van der Waals surface area contributed by atoms with Crippen LogP contribution in [0.25, 0.3) is 0 Å². The second-order valence-electron chi connectivity index (χ2n) is 8.09. The quantitative estimate of drug-likeness (QED) is 0.800. The molecule has 29 heavy (non-hydrogen) atoms. The minimum atomic E-state index is -0.0246. The Hall–Kier alpha value is -2.82. The first kappa shape index (κ1) is 19.5. The Kier molecular flexibility index (Phi) is 5.84. The molecule has 0 unspecified atom stereocenters. The Morgan fingerprint density at radius 3 is 2.31 bits per heavy atom. The van der Waals surface area contributed by atoms with Crippen molar-refractivity contribution < 1.29 is 9.59 Å². The molecule has 3 amide bonds. The van der Waals surface area contributed by atoms with Gasteiger partial charge in [-0.05, 0) is 62.3 Å². The van der Waals surface area contributed by atoms with Crippen LogP contribution in [0.2, 0.25) is 0 Å². The van der Waals surface area contributed by atoms with Gasteiger partial charge in [-0.15, -0.1) is 0 Å². The molecule has 0 spiro atoms. The lowest BCUT2D eigenvalue weighted by molar-refractivity contribution is 0.0577. The predicted molar refractivity (Wildman–Crippen MR) is 115 cm³/mol. The maximum atomic E-state index is 13.1. The molecule has 2 aromatic carbocycles. The largest absolute Gasteiger partial charge is 0.349 e. The van der Waals surface area contributed by atoms with Gasteiger partial charge in [0.1, 0.15) is 0 Å². The first-order chi connectivity index (χ1) is 14.2. The number of carbonyl (C=O) groups excluding carboxylic acids is 2. The highest BCUT2D eigenvalue weighted by atomic mass is 16.2. The molecule has 4 rings (SSSR count). The van der Waals surface area contributed by atoms with E-state index in [1.54, 1.807) is 0 Å². The van der Waals surface area contributed by atoms with Gasteiger partial charge in [-0.2, -0.15) is 0 Å². The van der Waals surface area contributed by atoms with Crippen LogP contribution in [0.5, 0.6) is 0 Å². The van der Waals surface area contributed by atoms with Gasteiger partial charge in [0.15, 0.2) is 0 Å². The SMILES string of the molecule is CCc1ccccc1NC(=O)N1[C@H]2CCC[C@H]1CC(NC(=O)c1ccccc1)C2. The number of rotatable bonds is 4. The number of fused-ring (bicyclic) bond motifs is 2. The van der Waals surface area contributed by atoms with Gasteiger partial charge < -0.3 is 15.5 Å². The summed E-state index contributed by atoms with van der Waals surface area (Å²) in [6, 6.07) is 17.8. The molecule has 0 aromatic heterocycles. The maximum Gasteiger partial charge on any atom is 0.322 e. The Labute approximate surface area is 172 Å². The average molecular weight is 392 g/mol. The van der Waals surface area contributed by atoms with E-state index in [4.69, 9.17) is 0 Å². The Morgan fingerprint density at radius 2 is 1.62 bits per heavy atom. The van der Waals surface area contributed by atoms with Crippen molar-refractivity contribution >= 4 is 17.6 Å². The molecule has 2 aliphatic heterocycles. The third kappa shape index (κ3) is 4.29. The first-order valence-corrected chi connectivity index (χ1v) is 10.7. The molecule has 0 aliphatic carbocycles. The zero-order valence-corrected chi connectivity index (χ0v) is 16.9. The molecule has 2 N–H and O–H groups in total.